The summed E-state index contributed by atoms with van der Waals surface area (Å²) in [5.74, 6) is 0.877. The Morgan fingerprint density at radius 1 is 1.22 bits per heavy atom. The molecule has 2 aromatic rings. The van der Waals surface area contributed by atoms with E-state index in [1.54, 1.807) is 0 Å². The van der Waals surface area contributed by atoms with Crippen LogP contribution in [-0.4, -0.2) is 72.7 Å². The van der Waals surface area contributed by atoms with Crippen LogP contribution in [0.2, 0.25) is 0 Å². The molecule has 0 saturated carbocycles. The second-order valence-corrected chi connectivity index (χ2v) is 7.27. The van der Waals surface area contributed by atoms with Crippen molar-refractivity contribution in [1.29, 1.82) is 0 Å². The number of nitrogens with one attached hydrogen (secondary N) is 1. The lowest BCUT2D eigenvalue weighted by Gasteiger charge is -2.34. The van der Waals surface area contributed by atoms with Crippen LogP contribution in [0.15, 0.2) is 40.9 Å². The molecule has 7 heteroatoms. The number of piperazine rings is 1. The zero-order chi connectivity index (χ0) is 19.2. The van der Waals surface area contributed by atoms with Gasteiger partial charge in [0.25, 0.3) is 0 Å². The van der Waals surface area contributed by atoms with Crippen molar-refractivity contribution in [2.45, 2.75) is 19.5 Å². The van der Waals surface area contributed by atoms with Gasteiger partial charge < -0.3 is 19.6 Å². The highest BCUT2D eigenvalue weighted by Gasteiger charge is 2.23. The summed E-state index contributed by atoms with van der Waals surface area (Å²) >= 11 is 0. The minimum absolute atomic E-state index is 0.00735. The molecule has 1 unspecified atom stereocenters. The summed E-state index contributed by atoms with van der Waals surface area (Å²) in [5, 5.41) is 7.02. The van der Waals surface area contributed by atoms with Crippen LogP contribution in [0.4, 0.5) is 4.79 Å². The average molecular weight is 371 g/mol. The summed E-state index contributed by atoms with van der Waals surface area (Å²) in [7, 11) is 4.07. The van der Waals surface area contributed by atoms with Gasteiger partial charge in [0, 0.05) is 38.8 Å². The molecule has 3 rings (SSSR count). The molecule has 0 radical (unpaired) electrons. The van der Waals surface area contributed by atoms with Crippen LogP contribution < -0.4 is 5.32 Å². The molecule has 2 amide bonds. The molecular weight excluding hydrogens is 342 g/mol. The second-order valence-electron chi connectivity index (χ2n) is 7.27. The van der Waals surface area contributed by atoms with Gasteiger partial charge in [-0.25, -0.2) is 4.79 Å². The van der Waals surface area contributed by atoms with Crippen LogP contribution >= 0.6 is 0 Å². The van der Waals surface area contributed by atoms with Crippen molar-refractivity contribution in [3.8, 4) is 0 Å². The molecule has 1 aromatic heterocycles. The van der Waals surface area contributed by atoms with Crippen molar-refractivity contribution >= 4 is 6.03 Å². The van der Waals surface area contributed by atoms with E-state index in [-0.39, 0.29) is 12.1 Å². The molecule has 1 aromatic carbocycles. The van der Waals surface area contributed by atoms with Crippen molar-refractivity contribution in [2.24, 2.45) is 0 Å². The normalized spacial score (nSPS) is 16.5. The Bertz CT molecular complexity index is 723. The Kier molecular flexibility index (Phi) is 6.47. The van der Waals surface area contributed by atoms with Crippen LogP contribution in [0, 0.1) is 6.92 Å². The van der Waals surface area contributed by atoms with Gasteiger partial charge in [-0.05, 0) is 26.6 Å². The number of rotatable bonds is 6. The maximum absolute atomic E-state index is 12.6. The van der Waals surface area contributed by atoms with Gasteiger partial charge in [-0.1, -0.05) is 35.5 Å². The maximum atomic E-state index is 12.6. The van der Waals surface area contributed by atoms with Crippen molar-refractivity contribution in [1.82, 2.24) is 25.2 Å². The number of nitrogens with zero attached hydrogens (tertiary/aromatic N) is 4. The summed E-state index contributed by atoms with van der Waals surface area (Å²) < 4.78 is 5.28. The van der Waals surface area contributed by atoms with E-state index in [1.165, 1.54) is 5.56 Å². The van der Waals surface area contributed by atoms with Gasteiger partial charge in [0.15, 0.2) is 5.76 Å². The Labute approximate surface area is 160 Å². The van der Waals surface area contributed by atoms with Gasteiger partial charge in [0.2, 0.25) is 0 Å². The Morgan fingerprint density at radius 2 is 1.93 bits per heavy atom. The fourth-order valence-corrected chi connectivity index (χ4v) is 3.39. The molecule has 0 bridgehead atoms. The lowest BCUT2D eigenvalue weighted by molar-refractivity contribution is 0.126. The lowest BCUT2D eigenvalue weighted by atomic mass is 10.1. The number of carbonyl (C=O) groups is 1. The zero-order valence-electron chi connectivity index (χ0n) is 16.4. The molecule has 1 N–H and O–H groups in total. The van der Waals surface area contributed by atoms with Crippen molar-refractivity contribution in [3.05, 3.63) is 53.4 Å². The molecule has 1 atom stereocenters. The van der Waals surface area contributed by atoms with E-state index in [2.05, 4.69) is 32.4 Å². The number of aryl methyl sites for hydroxylation is 1. The summed E-state index contributed by atoms with van der Waals surface area (Å²) in [6.07, 6.45) is 0. The van der Waals surface area contributed by atoms with E-state index in [9.17, 15) is 4.79 Å². The van der Waals surface area contributed by atoms with Gasteiger partial charge >= 0.3 is 6.03 Å². The Hall–Kier alpha value is -2.38. The molecule has 2 heterocycles. The quantitative estimate of drug-likeness (QED) is 0.843. The number of carbonyl (C=O) groups excluding carboxylic acids is 1. The van der Waals surface area contributed by atoms with Crippen molar-refractivity contribution in [2.75, 3.05) is 46.8 Å². The minimum Gasteiger partial charge on any atom is -0.360 e. The minimum atomic E-state index is 0.00735. The Balaban J connectivity index is 1.46. The second kappa shape index (κ2) is 9.01. The third kappa shape index (κ3) is 5.30. The number of likely N-dealkylation sites (N-methyl/N-ethyl adjacent to an activating group) is 1. The molecule has 27 heavy (non-hydrogen) atoms. The summed E-state index contributed by atoms with van der Waals surface area (Å²) in [4.78, 5) is 18.9. The fraction of sp³-hybridized carbons (Fsp3) is 0.500. The van der Waals surface area contributed by atoms with Gasteiger partial charge in [0.05, 0.1) is 18.3 Å². The SMILES string of the molecule is Cc1cc(CN2CCN(C(=O)NCC(c3ccccc3)N(C)C)CC2)on1. The first-order chi connectivity index (χ1) is 13.0. The molecule has 146 valence electrons. The third-order valence-corrected chi connectivity index (χ3v) is 4.97. The first kappa shape index (κ1) is 19.4. The molecule has 1 fully saturated rings. The molecule has 1 saturated heterocycles. The zero-order valence-corrected chi connectivity index (χ0v) is 16.4. The van der Waals surface area contributed by atoms with E-state index in [0.717, 1.165) is 44.2 Å². The summed E-state index contributed by atoms with van der Waals surface area (Å²) in [6.45, 7) is 6.37. The van der Waals surface area contributed by atoms with E-state index in [0.29, 0.717) is 6.54 Å². The van der Waals surface area contributed by atoms with Crippen LogP contribution in [0.1, 0.15) is 23.1 Å². The highest BCUT2D eigenvalue weighted by Crippen LogP contribution is 2.17. The molecule has 0 spiro atoms. The van der Waals surface area contributed by atoms with Gasteiger partial charge in [-0.15, -0.1) is 0 Å². The van der Waals surface area contributed by atoms with Gasteiger partial charge in [-0.2, -0.15) is 0 Å². The fourth-order valence-electron chi connectivity index (χ4n) is 3.39. The summed E-state index contributed by atoms with van der Waals surface area (Å²) in [6, 6.07) is 12.4. The predicted molar refractivity (Wildman–Crippen MR) is 104 cm³/mol. The lowest BCUT2D eigenvalue weighted by Crippen LogP contribution is -2.52. The third-order valence-electron chi connectivity index (χ3n) is 4.97. The molecule has 0 aliphatic carbocycles. The number of benzene rings is 1. The summed E-state index contributed by atoms with van der Waals surface area (Å²) in [5.41, 5.74) is 2.10. The van der Waals surface area contributed by atoms with Crippen molar-refractivity contribution in [3.63, 3.8) is 0 Å². The predicted octanol–water partition coefficient (Wildman–Crippen LogP) is 2.11. The molecule has 7 nitrogen and oxygen atoms in total. The van der Waals surface area contributed by atoms with Crippen molar-refractivity contribution < 1.29 is 9.32 Å². The number of hydrogen-bond acceptors (Lipinski definition) is 5. The topological polar surface area (TPSA) is 64.8 Å². The average Bonchev–Trinajstić information content (AvgIpc) is 3.07. The highest BCUT2D eigenvalue weighted by molar-refractivity contribution is 5.74. The van der Waals surface area contributed by atoms with Gasteiger partial charge in [-0.3, -0.25) is 4.90 Å². The van der Waals surface area contributed by atoms with E-state index in [1.807, 2.05) is 50.2 Å². The van der Waals surface area contributed by atoms with Crippen LogP contribution in [-0.2, 0) is 6.54 Å². The number of hydrogen-bond donors (Lipinski definition) is 1. The first-order valence-electron chi connectivity index (χ1n) is 9.41. The molecule has 1 aliphatic heterocycles. The van der Waals surface area contributed by atoms with Crippen LogP contribution in [0.25, 0.3) is 0 Å². The highest BCUT2D eigenvalue weighted by atomic mass is 16.5. The smallest absolute Gasteiger partial charge is 0.317 e. The molecular formula is C20H29N5O2. The number of aromatic nitrogens is 1. The van der Waals surface area contributed by atoms with Gasteiger partial charge in [0.1, 0.15) is 0 Å². The largest absolute Gasteiger partial charge is 0.360 e. The monoisotopic (exact) mass is 371 g/mol. The van der Waals surface area contributed by atoms with Crippen LogP contribution in [0.5, 0.6) is 0 Å². The standard InChI is InChI=1S/C20H29N5O2/c1-16-13-18(27-22-16)15-24-9-11-25(12-10-24)20(26)21-14-19(23(2)3)17-7-5-4-6-8-17/h4-8,13,19H,9-12,14-15H2,1-3H3,(H,21,26). The Morgan fingerprint density at radius 3 is 2.52 bits per heavy atom. The van der Waals surface area contributed by atoms with E-state index >= 15 is 0 Å². The maximum Gasteiger partial charge on any atom is 0.317 e. The molecule has 1 aliphatic rings. The van der Waals surface area contributed by atoms with Crippen LogP contribution in [0.3, 0.4) is 0 Å². The van der Waals surface area contributed by atoms with E-state index < -0.39 is 0 Å². The number of amides is 2. The number of urea groups is 1. The first-order valence-corrected chi connectivity index (χ1v) is 9.41. The van der Waals surface area contributed by atoms with E-state index in [4.69, 9.17) is 4.52 Å².